The summed E-state index contributed by atoms with van der Waals surface area (Å²) in [6.07, 6.45) is 0.743. The van der Waals surface area contributed by atoms with Gasteiger partial charge in [-0.25, -0.2) is 4.39 Å². The Morgan fingerprint density at radius 2 is 1.95 bits per heavy atom. The van der Waals surface area contributed by atoms with Crippen LogP contribution < -0.4 is 5.32 Å². The number of non-ortho nitro benzene ring substituents is 1. The van der Waals surface area contributed by atoms with Crippen LogP contribution >= 0.6 is 22.6 Å². The average molecular weight is 400 g/mol. The molecule has 0 saturated heterocycles. The number of nitro groups is 1. The van der Waals surface area contributed by atoms with E-state index in [9.17, 15) is 14.5 Å². The second kappa shape index (κ2) is 6.84. The predicted molar refractivity (Wildman–Crippen MR) is 89.0 cm³/mol. The number of nitro benzene ring substituents is 1. The van der Waals surface area contributed by atoms with Gasteiger partial charge in [0, 0.05) is 27.4 Å². The standard InChI is InChI=1S/C15H14FIN2O2/c1-10(8-11-2-4-12(16)5-3-11)18-15-7-6-13(19(20)21)9-14(15)17/h2-7,9-10,18H,8H2,1H3. The minimum absolute atomic E-state index is 0.0798. The Morgan fingerprint density at radius 1 is 1.29 bits per heavy atom. The number of hydrogen-bond acceptors (Lipinski definition) is 3. The Hall–Kier alpha value is -1.70. The topological polar surface area (TPSA) is 55.2 Å². The SMILES string of the molecule is CC(Cc1ccc(F)cc1)Nc1ccc([N+](=O)[O-])cc1I. The smallest absolute Gasteiger partial charge is 0.270 e. The molecule has 1 N–H and O–H groups in total. The van der Waals surface area contributed by atoms with Crippen LogP contribution in [0.2, 0.25) is 0 Å². The van der Waals surface area contributed by atoms with Crippen molar-refractivity contribution in [1.29, 1.82) is 0 Å². The highest BCUT2D eigenvalue weighted by atomic mass is 127. The minimum Gasteiger partial charge on any atom is -0.381 e. The Bertz CT molecular complexity index is 647. The third-order valence-corrected chi connectivity index (χ3v) is 3.91. The Morgan fingerprint density at radius 3 is 2.52 bits per heavy atom. The lowest BCUT2D eigenvalue weighted by molar-refractivity contribution is -0.384. The van der Waals surface area contributed by atoms with Crippen LogP contribution in [0, 0.1) is 19.5 Å². The van der Waals surface area contributed by atoms with Crippen molar-refractivity contribution in [2.75, 3.05) is 5.32 Å². The molecular formula is C15H14FIN2O2. The van der Waals surface area contributed by atoms with E-state index in [0.29, 0.717) is 0 Å². The van der Waals surface area contributed by atoms with Crippen molar-refractivity contribution in [2.45, 2.75) is 19.4 Å². The molecule has 0 aromatic heterocycles. The molecule has 0 saturated carbocycles. The molecule has 0 spiro atoms. The molecule has 0 amide bonds. The van der Waals surface area contributed by atoms with E-state index < -0.39 is 4.92 Å². The third kappa shape index (κ3) is 4.38. The highest BCUT2D eigenvalue weighted by Crippen LogP contribution is 2.24. The molecular weight excluding hydrogens is 386 g/mol. The molecule has 0 aliphatic rings. The molecule has 0 aliphatic heterocycles. The molecule has 2 aromatic carbocycles. The summed E-state index contributed by atoms with van der Waals surface area (Å²) in [5.41, 5.74) is 1.97. The summed E-state index contributed by atoms with van der Waals surface area (Å²) in [5.74, 6) is -0.246. The van der Waals surface area contributed by atoms with Gasteiger partial charge in [0.25, 0.3) is 5.69 Å². The number of nitrogens with zero attached hydrogens (tertiary/aromatic N) is 1. The van der Waals surface area contributed by atoms with Crippen LogP contribution in [0.3, 0.4) is 0 Å². The largest absolute Gasteiger partial charge is 0.381 e. The van der Waals surface area contributed by atoms with E-state index in [2.05, 4.69) is 27.9 Å². The van der Waals surface area contributed by atoms with E-state index in [1.54, 1.807) is 18.2 Å². The number of anilines is 1. The second-order valence-electron chi connectivity index (χ2n) is 4.80. The number of halogens is 2. The van der Waals surface area contributed by atoms with Crippen molar-refractivity contribution >= 4 is 34.0 Å². The van der Waals surface area contributed by atoms with E-state index in [0.717, 1.165) is 21.2 Å². The number of hydrogen-bond donors (Lipinski definition) is 1. The average Bonchev–Trinajstić information content (AvgIpc) is 2.43. The van der Waals surface area contributed by atoms with Crippen molar-refractivity contribution in [2.24, 2.45) is 0 Å². The van der Waals surface area contributed by atoms with Gasteiger partial charge in [0.15, 0.2) is 0 Å². The maximum Gasteiger partial charge on any atom is 0.270 e. The molecule has 0 bridgehead atoms. The van der Waals surface area contributed by atoms with E-state index >= 15 is 0 Å². The van der Waals surface area contributed by atoms with Gasteiger partial charge in [-0.15, -0.1) is 0 Å². The van der Waals surface area contributed by atoms with Gasteiger partial charge in [-0.1, -0.05) is 12.1 Å². The zero-order chi connectivity index (χ0) is 15.4. The van der Waals surface area contributed by atoms with Gasteiger partial charge < -0.3 is 5.32 Å². The summed E-state index contributed by atoms with van der Waals surface area (Å²) < 4.78 is 13.7. The number of benzene rings is 2. The van der Waals surface area contributed by atoms with Crippen molar-refractivity contribution in [3.8, 4) is 0 Å². The molecule has 0 fully saturated rings. The lowest BCUT2D eigenvalue weighted by Crippen LogP contribution is -2.18. The fourth-order valence-electron chi connectivity index (χ4n) is 2.03. The van der Waals surface area contributed by atoms with Crippen LogP contribution in [-0.2, 0) is 6.42 Å². The van der Waals surface area contributed by atoms with Gasteiger partial charge >= 0.3 is 0 Å². The highest BCUT2D eigenvalue weighted by Gasteiger charge is 2.11. The molecule has 6 heteroatoms. The molecule has 2 rings (SSSR count). The summed E-state index contributed by atoms with van der Waals surface area (Å²) in [6.45, 7) is 2.01. The summed E-state index contributed by atoms with van der Waals surface area (Å²) in [5, 5.41) is 14.0. The fraction of sp³-hybridized carbons (Fsp3) is 0.200. The first-order valence-electron chi connectivity index (χ1n) is 6.40. The van der Waals surface area contributed by atoms with E-state index in [4.69, 9.17) is 0 Å². The highest BCUT2D eigenvalue weighted by molar-refractivity contribution is 14.1. The zero-order valence-electron chi connectivity index (χ0n) is 11.3. The maximum absolute atomic E-state index is 12.9. The lowest BCUT2D eigenvalue weighted by atomic mass is 10.1. The van der Waals surface area contributed by atoms with E-state index in [-0.39, 0.29) is 17.5 Å². The van der Waals surface area contributed by atoms with Gasteiger partial charge in [0.1, 0.15) is 5.82 Å². The quantitative estimate of drug-likeness (QED) is 0.461. The van der Waals surface area contributed by atoms with E-state index in [1.165, 1.54) is 24.3 Å². The lowest BCUT2D eigenvalue weighted by Gasteiger charge is -2.16. The summed E-state index contributed by atoms with van der Waals surface area (Å²) >= 11 is 2.07. The maximum atomic E-state index is 12.9. The minimum atomic E-state index is -0.409. The molecule has 4 nitrogen and oxygen atoms in total. The zero-order valence-corrected chi connectivity index (χ0v) is 13.5. The molecule has 2 aromatic rings. The Balaban J connectivity index is 2.04. The third-order valence-electron chi connectivity index (χ3n) is 3.02. The summed E-state index contributed by atoms with van der Waals surface area (Å²) in [7, 11) is 0. The van der Waals surface area contributed by atoms with Crippen molar-refractivity contribution < 1.29 is 9.31 Å². The number of nitrogens with one attached hydrogen (secondary N) is 1. The van der Waals surface area contributed by atoms with Gasteiger partial charge in [-0.3, -0.25) is 10.1 Å². The van der Waals surface area contributed by atoms with Gasteiger partial charge in [-0.05, 0) is 59.7 Å². The van der Waals surface area contributed by atoms with Crippen molar-refractivity contribution in [1.82, 2.24) is 0 Å². The first-order valence-corrected chi connectivity index (χ1v) is 7.48. The van der Waals surface area contributed by atoms with Crippen molar-refractivity contribution in [3.63, 3.8) is 0 Å². The Kier molecular flexibility index (Phi) is 5.11. The van der Waals surface area contributed by atoms with Gasteiger partial charge in [0.2, 0.25) is 0 Å². The van der Waals surface area contributed by atoms with Crippen molar-refractivity contribution in [3.05, 3.63) is 67.5 Å². The first kappa shape index (κ1) is 15.7. The molecule has 0 radical (unpaired) electrons. The van der Waals surface area contributed by atoms with Crippen LogP contribution in [0.1, 0.15) is 12.5 Å². The van der Waals surface area contributed by atoms with Crippen LogP contribution in [0.4, 0.5) is 15.8 Å². The number of rotatable bonds is 5. The van der Waals surface area contributed by atoms with Crippen LogP contribution in [0.5, 0.6) is 0 Å². The molecule has 0 aliphatic carbocycles. The van der Waals surface area contributed by atoms with Gasteiger partial charge in [0.05, 0.1) is 4.92 Å². The second-order valence-corrected chi connectivity index (χ2v) is 5.96. The first-order chi connectivity index (χ1) is 9.95. The molecule has 1 unspecified atom stereocenters. The Labute approximate surface area is 135 Å². The predicted octanol–water partition coefficient (Wildman–Crippen LogP) is 4.38. The molecule has 1 atom stereocenters. The van der Waals surface area contributed by atoms with E-state index in [1.807, 2.05) is 6.92 Å². The van der Waals surface area contributed by atoms with Crippen LogP contribution in [0.25, 0.3) is 0 Å². The molecule has 110 valence electrons. The monoisotopic (exact) mass is 400 g/mol. The van der Waals surface area contributed by atoms with Gasteiger partial charge in [-0.2, -0.15) is 0 Å². The fourth-order valence-corrected chi connectivity index (χ4v) is 2.68. The van der Waals surface area contributed by atoms with Crippen LogP contribution in [-0.4, -0.2) is 11.0 Å². The van der Waals surface area contributed by atoms with Crippen LogP contribution in [0.15, 0.2) is 42.5 Å². The molecule has 21 heavy (non-hydrogen) atoms. The normalized spacial score (nSPS) is 12.0. The molecule has 0 heterocycles. The summed E-state index contributed by atoms with van der Waals surface area (Å²) in [6, 6.07) is 11.3. The summed E-state index contributed by atoms with van der Waals surface area (Å²) in [4.78, 5) is 10.3.